The van der Waals surface area contributed by atoms with Crippen molar-refractivity contribution in [2.45, 2.75) is 316 Å². The van der Waals surface area contributed by atoms with Crippen LogP contribution in [0.1, 0.15) is 310 Å². The fourth-order valence-corrected chi connectivity index (χ4v) is 8.87. The largest absolute Gasteiger partial charge is 0.462 e. The van der Waals surface area contributed by atoms with Gasteiger partial charge in [0.25, 0.3) is 0 Å². The maximum Gasteiger partial charge on any atom is 0.310 e. The second kappa shape index (κ2) is 60.4. The van der Waals surface area contributed by atoms with E-state index in [0.29, 0.717) is 12.8 Å². The molecule has 0 aromatic rings. The van der Waals surface area contributed by atoms with E-state index in [2.05, 4.69) is 81.5 Å². The van der Waals surface area contributed by atoms with Gasteiger partial charge in [0.1, 0.15) is 13.2 Å². The van der Waals surface area contributed by atoms with E-state index < -0.39 is 12.1 Å². The van der Waals surface area contributed by atoms with Crippen molar-refractivity contribution in [2.24, 2.45) is 0 Å². The number of esters is 3. The van der Waals surface area contributed by atoms with Crippen LogP contribution in [0.15, 0.2) is 72.9 Å². The molecular weight excluding hydrogens is 889 g/mol. The van der Waals surface area contributed by atoms with E-state index in [1.807, 2.05) is 6.08 Å². The topological polar surface area (TPSA) is 78.9 Å². The van der Waals surface area contributed by atoms with E-state index in [9.17, 15) is 14.4 Å². The highest BCUT2D eigenvalue weighted by Crippen LogP contribution is 2.17. The van der Waals surface area contributed by atoms with E-state index in [1.54, 1.807) is 6.08 Å². The van der Waals surface area contributed by atoms with Crippen molar-refractivity contribution in [3.63, 3.8) is 0 Å². The van der Waals surface area contributed by atoms with Gasteiger partial charge in [0, 0.05) is 12.8 Å². The Morgan fingerprint density at radius 1 is 0.306 bits per heavy atom. The van der Waals surface area contributed by atoms with Crippen LogP contribution in [0, 0.1) is 0 Å². The molecule has 0 bridgehead atoms. The summed E-state index contributed by atoms with van der Waals surface area (Å²) in [5, 5.41) is 0. The highest BCUT2D eigenvalue weighted by atomic mass is 16.6. The minimum atomic E-state index is -0.828. The Bertz CT molecular complexity index is 1340. The summed E-state index contributed by atoms with van der Waals surface area (Å²) in [4.78, 5) is 38.1. The number of ether oxygens (including phenoxy) is 3. The Labute approximate surface area is 446 Å². The molecule has 6 heteroatoms. The lowest BCUT2D eigenvalue weighted by atomic mass is 10.0. The molecule has 0 saturated carbocycles. The average Bonchev–Trinajstić information content (AvgIpc) is 3.38. The highest BCUT2D eigenvalue weighted by molar-refractivity contribution is 5.72. The molecule has 416 valence electrons. The van der Waals surface area contributed by atoms with Crippen LogP contribution in [-0.4, -0.2) is 37.2 Å². The molecule has 0 radical (unpaired) electrons. The van der Waals surface area contributed by atoms with Gasteiger partial charge in [-0.3, -0.25) is 14.4 Å². The molecule has 0 heterocycles. The molecule has 0 fully saturated rings. The first-order valence-electron chi connectivity index (χ1n) is 30.9. The van der Waals surface area contributed by atoms with Crippen molar-refractivity contribution >= 4 is 17.9 Å². The molecule has 1 unspecified atom stereocenters. The SMILES string of the molecule is CC/C=C\C/C=C\C/C=C\C/C=C\C/C=C\CC(=O)OC(COC(=O)CCCCCCCCCCCCCCCC)COC(=O)CCCCCCCCCCCCCCC/C=C\CCCCCCCCCC. The average molecular weight is 1010 g/mol. The summed E-state index contributed by atoms with van der Waals surface area (Å²) >= 11 is 0. The summed E-state index contributed by atoms with van der Waals surface area (Å²) in [6, 6.07) is 0. The second-order valence-electron chi connectivity index (χ2n) is 20.6. The molecule has 0 aliphatic heterocycles. The number of rotatable bonds is 56. The van der Waals surface area contributed by atoms with E-state index in [4.69, 9.17) is 14.2 Å². The smallest absolute Gasteiger partial charge is 0.310 e. The van der Waals surface area contributed by atoms with Gasteiger partial charge in [-0.25, -0.2) is 0 Å². The molecule has 0 aliphatic rings. The van der Waals surface area contributed by atoms with Crippen LogP contribution in [0.3, 0.4) is 0 Å². The lowest BCUT2D eigenvalue weighted by Crippen LogP contribution is -2.30. The lowest BCUT2D eigenvalue weighted by molar-refractivity contribution is -0.166. The normalized spacial score (nSPS) is 12.5. The van der Waals surface area contributed by atoms with Crippen LogP contribution in [0.5, 0.6) is 0 Å². The predicted molar refractivity (Wildman–Crippen MR) is 311 cm³/mol. The molecule has 0 N–H and O–H groups in total. The van der Waals surface area contributed by atoms with Gasteiger partial charge in [-0.15, -0.1) is 0 Å². The van der Waals surface area contributed by atoms with E-state index >= 15 is 0 Å². The van der Waals surface area contributed by atoms with Crippen molar-refractivity contribution in [3.05, 3.63) is 72.9 Å². The van der Waals surface area contributed by atoms with E-state index in [0.717, 1.165) is 70.6 Å². The molecule has 1 atom stereocenters. The quantitative estimate of drug-likeness (QED) is 0.0261. The van der Waals surface area contributed by atoms with Crippen molar-refractivity contribution in [3.8, 4) is 0 Å². The fourth-order valence-electron chi connectivity index (χ4n) is 8.87. The Hall–Kier alpha value is -3.15. The van der Waals surface area contributed by atoms with Crippen molar-refractivity contribution in [1.82, 2.24) is 0 Å². The summed E-state index contributed by atoms with van der Waals surface area (Å²) < 4.78 is 16.8. The third kappa shape index (κ3) is 57.7. The molecule has 0 aromatic heterocycles. The fraction of sp³-hybridized carbons (Fsp3) is 0.773. The summed E-state index contributed by atoms with van der Waals surface area (Å²) in [5.74, 6) is -1.03. The third-order valence-electron chi connectivity index (χ3n) is 13.5. The Morgan fingerprint density at radius 2 is 0.583 bits per heavy atom. The van der Waals surface area contributed by atoms with Gasteiger partial charge in [-0.2, -0.15) is 0 Å². The zero-order chi connectivity index (χ0) is 52.2. The van der Waals surface area contributed by atoms with Crippen molar-refractivity contribution in [2.75, 3.05) is 13.2 Å². The van der Waals surface area contributed by atoms with Gasteiger partial charge < -0.3 is 14.2 Å². The van der Waals surface area contributed by atoms with Crippen LogP contribution < -0.4 is 0 Å². The van der Waals surface area contributed by atoms with Gasteiger partial charge in [-0.05, 0) is 70.6 Å². The minimum Gasteiger partial charge on any atom is -0.462 e. The number of unbranched alkanes of at least 4 members (excludes halogenated alkanes) is 34. The van der Waals surface area contributed by atoms with Crippen molar-refractivity contribution in [1.29, 1.82) is 0 Å². The van der Waals surface area contributed by atoms with Gasteiger partial charge >= 0.3 is 17.9 Å². The molecule has 0 saturated heterocycles. The van der Waals surface area contributed by atoms with Gasteiger partial charge in [0.2, 0.25) is 0 Å². The van der Waals surface area contributed by atoms with Gasteiger partial charge in [-0.1, -0.05) is 293 Å². The van der Waals surface area contributed by atoms with Gasteiger partial charge in [0.15, 0.2) is 6.10 Å². The first-order valence-corrected chi connectivity index (χ1v) is 30.9. The van der Waals surface area contributed by atoms with Gasteiger partial charge in [0.05, 0.1) is 6.42 Å². The number of hydrogen-bond acceptors (Lipinski definition) is 6. The Morgan fingerprint density at radius 3 is 0.903 bits per heavy atom. The lowest BCUT2D eigenvalue weighted by Gasteiger charge is -2.18. The number of hydrogen-bond donors (Lipinski definition) is 0. The maximum atomic E-state index is 12.8. The Kier molecular flexibility index (Phi) is 57.8. The third-order valence-corrected chi connectivity index (χ3v) is 13.5. The number of allylic oxidation sites excluding steroid dienone is 11. The summed E-state index contributed by atoms with van der Waals surface area (Å²) in [6.07, 6.45) is 78.0. The zero-order valence-electron chi connectivity index (χ0n) is 47.7. The first-order chi connectivity index (χ1) is 35.5. The second-order valence-corrected chi connectivity index (χ2v) is 20.6. The minimum absolute atomic E-state index is 0.0999. The standard InChI is InChI=1S/C66H116O6/c1-4-7-10-13-16-19-22-25-28-29-30-31-32-33-34-35-36-37-39-41-44-47-50-53-56-59-65(68)71-62-63(61-70-64(67)58-55-52-49-46-43-40-27-24-21-18-15-12-9-6-3)72-66(69)60-57-54-51-48-45-42-38-26-23-20-17-14-11-8-5-2/h8,11,17,20,26,29-30,38,45,48,54,57,63H,4-7,9-10,12-16,18-19,21-25,27-28,31-37,39-44,46-47,49-53,55-56,58-62H2,1-3H3/b11-8-,20-17-,30-29-,38-26-,48-45-,57-54-. The predicted octanol–water partition coefficient (Wildman–Crippen LogP) is 20.9. The van der Waals surface area contributed by atoms with Crippen LogP contribution in [0.25, 0.3) is 0 Å². The van der Waals surface area contributed by atoms with Crippen molar-refractivity contribution < 1.29 is 28.6 Å². The first kappa shape index (κ1) is 68.8. The van der Waals surface area contributed by atoms with E-state index in [1.165, 1.54) is 199 Å². The summed E-state index contributed by atoms with van der Waals surface area (Å²) in [5.41, 5.74) is 0. The van der Waals surface area contributed by atoms with Crippen LogP contribution in [0.2, 0.25) is 0 Å². The number of carbonyl (C=O) groups is 3. The maximum absolute atomic E-state index is 12.8. The van der Waals surface area contributed by atoms with E-state index in [-0.39, 0.29) is 31.6 Å². The van der Waals surface area contributed by atoms with Crippen LogP contribution in [0.4, 0.5) is 0 Å². The highest BCUT2D eigenvalue weighted by Gasteiger charge is 2.19. The summed E-state index contributed by atoms with van der Waals surface area (Å²) in [7, 11) is 0. The zero-order valence-corrected chi connectivity index (χ0v) is 47.7. The Balaban J connectivity index is 4.33. The molecule has 6 nitrogen and oxygen atoms in total. The molecule has 72 heavy (non-hydrogen) atoms. The molecule has 0 rings (SSSR count). The van der Waals surface area contributed by atoms with Crippen LogP contribution >= 0.6 is 0 Å². The molecule has 0 aliphatic carbocycles. The number of carbonyl (C=O) groups excluding carboxylic acids is 3. The molecule has 0 amide bonds. The monoisotopic (exact) mass is 1000 g/mol. The van der Waals surface area contributed by atoms with Crippen LogP contribution in [-0.2, 0) is 28.6 Å². The molecular formula is C66H116O6. The molecule has 0 aromatic carbocycles. The molecule has 0 spiro atoms. The summed E-state index contributed by atoms with van der Waals surface area (Å²) in [6.45, 7) is 6.48.